The van der Waals surface area contributed by atoms with Gasteiger partial charge in [0.15, 0.2) is 0 Å². The average molecular weight is 370 g/mol. The fourth-order valence-electron chi connectivity index (χ4n) is 4.36. The Morgan fingerprint density at radius 1 is 1.33 bits per heavy atom. The molecule has 1 amide bonds. The Balaban J connectivity index is 1.40. The van der Waals surface area contributed by atoms with Crippen LogP contribution in [0.2, 0.25) is 0 Å². The minimum Gasteiger partial charge on any atom is -0.381 e. The third kappa shape index (κ3) is 4.32. The highest BCUT2D eigenvalue weighted by atomic mass is 16.5. The SMILES string of the molecule is C[C@H]1CCCN(C(=O)CCC2=NCc3ccnc(NC4CCOCC4)c32)C1. The van der Waals surface area contributed by atoms with E-state index in [9.17, 15) is 4.79 Å². The van der Waals surface area contributed by atoms with Gasteiger partial charge >= 0.3 is 0 Å². The molecule has 1 atom stereocenters. The molecule has 4 heterocycles. The first-order valence-corrected chi connectivity index (χ1v) is 10.3. The number of hydrogen-bond donors (Lipinski definition) is 1. The maximum Gasteiger partial charge on any atom is 0.222 e. The summed E-state index contributed by atoms with van der Waals surface area (Å²) in [6.45, 7) is 6.35. The molecule has 0 radical (unpaired) electrons. The predicted octanol–water partition coefficient (Wildman–Crippen LogP) is 3.01. The van der Waals surface area contributed by atoms with Crippen molar-refractivity contribution in [2.24, 2.45) is 10.9 Å². The molecule has 27 heavy (non-hydrogen) atoms. The van der Waals surface area contributed by atoms with E-state index in [1.165, 1.54) is 12.0 Å². The summed E-state index contributed by atoms with van der Waals surface area (Å²) in [6, 6.07) is 2.45. The second kappa shape index (κ2) is 8.38. The number of rotatable bonds is 5. The van der Waals surface area contributed by atoms with Crippen LogP contribution in [0.15, 0.2) is 17.3 Å². The number of ether oxygens (including phenoxy) is 1. The summed E-state index contributed by atoms with van der Waals surface area (Å²) in [5, 5.41) is 3.60. The van der Waals surface area contributed by atoms with Crippen molar-refractivity contribution in [1.82, 2.24) is 9.88 Å². The summed E-state index contributed by atoms with van der Waals surface area (Å²) in [4.78, 5) is 24.0. The van der Waals surface area contributed by atoms with Crippen LogP contribution in [0, 0.1) is 5.92 Å². The maximum atomic E-state index is 12.6. The molecule has 6 nitrogen and oxygen atoms in total. The highest BCUT2D eigenvalue weighted by Gasteiger charge is 2.25. The molecule has 0 aliphatic carbocycles. The molecule has 2 saturated heterocycles. The zero-order chi connectivity index (χ0) is 18.6. The summed E-state index contributed by atoms with van der Waals surface area (Å²) < 4.78 is 5.45. The summed E-state index contributed by atoms with van der Waals surface area (Å²) in [5.74, 6) is 1.81. The number of carbonyl (C=O) groups is 1. The number of nitrogens with zero attached hydrogens (tertiary/aromatic N) is 3. The Labute approximate surface area is 161 Å². The quantitative estimate of drug-likeness (QED) is 0.865. The molecular formula is C21H30N4O2. The van der Waals surface area contributed by atoms with Gasteiger partial charge in [0.2, 0.25) is 5.91 Å². The number of fused-ring (bicyclic) bond motifs is 1. The molecule has 6 heteroatoms. The Hall–Kier alpha value is -1.95. The van der Waals surface area contributed by atoms with Crippen molar-refractivity contribution in [3.05, 3.63) is 23.4 Å². The minimum absolute atomic E-state index is 0.264. The van der Waals surface area contributed by atoms with Gasteiger partial charge in [0, 0.05) is 56.2 Å². The number of amides is 1. The van der Waals surface area contributed by atoms with Crippen LogP contribution in [-0.2, 0) is 16.1 Å². The summed E-state index contributed by atoms with van der Waals surface area (Å²) in [6.07, 6.45) is 7.46. The van der Waals surface area contributed by atoms with Gasteiger partial charge in [-0.15, -0.1) is 0 Å². The minimum atomic E-state index is 0.264. The van der Waals surface area contributed by atoms with Gasteiger partial charge in [0.05, 0.1) is 6.54 Å². The van der Waals surface area contributed by atoms with E-state index in [1.54, 1.807) is 0 Å². The Bertz CT molecular complexity index is 712. The molecule has 0 saturated carbocycles. The fourth-order valence-corrected chi connectivity index (χ4v) is 4.36. The van der Waals surface area contributed by atoms with Crippen molar-refractivity contribution in [2.75, 3.05) is 31.6 Å². The lowest BCUT2D eigenvalue weighted by Crippen LogP contribution is -2.39. The van der Waals surface area contributed by atoms with Crippen molar-refractivity contribution < 1.29 is 9.53 Å². The lowest BCUT2D eigenvalue weighted by molar-refractivity contribution is -0.132. The molecule has 4 rings (SSSR count). The smallest absolute Gasteiger partial charge is 0.222 e. The molecule has 1 aromatic rings. The van der Waals surface area contributed by atoms with Crippen LogP contribution < -0.4 is 5.32 Å². The zero-order valence-electron chi connectivity index (χ0n) is 16.2. The van der Waals surface area contributed by atoms with Gasteiger partial charge in [-0.3, -0.25) is 9.79 Å². The van der Waals surface area contributed by atoms with Gasteiger partial charge in [0.25, 0.3) is 0 Å². The van der Waals surface area contributed by atoms with Gasteiger partial charge in [-0.1, -0.05) is 6.92 Å². The molecule has 3 aliphatic rings. The fraction of sp³-hybridized carbons (Fsp3) is 0.667. The number of anilines is 1. The number of nitrogens with one attached hydrogen (secondary N) is 1. The van der Waals surface area contributed by atoms with E-state index in [4.69, 9.17) is 9.73 Å². The number of carbonyl (C=O) groups excluding carboxylic acids is 1. The molecule has 3 aliphatic heterocycles. The second-order valence-electron chi connectivity index (χ2n) is 8.07. The molecule has 1 N–H and O–H groups in total. The summed E-state index contributed by atoms with van der Waals surface area (Å²) >= 11 is 0. The molecule has 0 bridgehead atoms. The number of piperidine rings is 1. The predicted molar refractivity (Wildman–Crippen MR) is 106 cm³/mol. The second-order valence-corrected chi connectivity index (χ2v) is 8.07. The van der Waals surface area contributed by atoms with Gasteiger partial charge < -0.3 is 15.0 Å². The molecule has 0 spiro atoms. The Morgan fingerprint density at radius 2 is 2.19 bits per heavy atom. The van der Waals surface area contributed by atoms with E-state index in [2.05, 4.69) is 23.3 Å². The first-order valence-electron chi connectivity index (χ1n) is 10.3. The Morgan fingerprint density at radius 3 is 3.00 bits per heavy atom. The largest absolute Gasteiger partial charge is 0.381 e. The lowest BCUT2D eigenvalue weighted by Gasteiger charge is -2.31. The van der Waals surface area contributed by atoms with Gasteiger partial charge in [0.1, 0.15) is 5.82 Å². The molecule has 0 aromatic carbocycles. The first-order chi connectivity index (χ1) is 13.2. The van der Waals surface area contributed by atoms with Crippen LogP contribution in [0.5, 0.6) is 0 Å². The topological polar surface area (TPSA) is 66.8 Å². The molecule has 2 fully saturated rings. The maximum absolute atomic E-state index is 12.6. The Kier molecular flexibility index (Phi) is 5.72. The molecule has 0 unspecified atom stereocenters. The van der Waals surface area contributed by atoms with E-state index >= 15 is 0 Å². The monoisotopic (exact) mass is 370 g/mol. The van der Waals surface area contributed by atoms with Crippen molar-refractivity contribution in [2.45, 2.75) is 58.0 Å². The number of aliphatic imine (C=N–C) groups is 1. The number of likely N-dealkylation sites (tertiary alicyclic amines) is 1. The van der Waals surface area contributed by atoms with E-state index < -0.39 is 0 Å². The van der Waals surface area contributed by atoms with Crippen molar-refractivity contribution in [3.63, 3.8) is 0 Å². The van der Waals surface area contributed by atoms with Crippen LogP contribution in [-0.4, -0.2) is 53.8 Å². The molecule has 1 aromatic heterocycles. The highest BCUT2D eigenvalue weighted by molar-refractivity contribution is 6.08. The van der Waals surface area contributed by atoms with Crippen molar-refractivity contribution in [3.8, 4) is 0 Å². The lowest BCUT2D eigenvalue weighted by atomic mass is 9.99. The van der Waals surface area contributed by atoms with E-state index in [0.29, 0.717) is 31.3 Å². The average Bonchev–Trinajstić information content (AvgIpc) is 3.11. The molecule has 146 valence electrons. The van der Waals surface area contributed by atoms with E-state index in [1.807, 2.05) is 11.1 Å². The number of hydrogen-bond acceptors (Lipinski definition) is 5. The van der Waals surface area contributed by atoms with Crippen LogP contribution >= 0.6 is 0 Å². The third-order valence-corrected chi connectivity index (χ3v) is 5.91. The summed E-state index contributed by atoms with van der Waals surface area (Å²) in [7, 11) is 0. The normalized spacial score (nSPS) is 23.1. The standard InChI is InChI=1S/C21H30N4O2/c1-15-3-2-10-25(14-15)19(26)5-4-18-20-16(13-23-18)6-9-22-21(20)24-17-7-11-27-12-8-17/h6,9,15,17H,2-5,7-8,10-14H2,1H3,(H,22,24)/t15-/m0/s1. The van der Waals surface area contributed by atoms with Crippen LogP contribution in [0.25, 0.3) is 0 Å². The van der Waals surface area contributed by atoms with Crippen LogP contribution in [0.4, 0.5) is 5.82 Å². The van der Waals surface area contributed by atoms with Crippen molar-refractivity contribution in [1.29, 1.82) is 0 Å². The zero-order valence-corrected chi connectivity index (χ0v) is 16.2. The van der Waals surface area contributed by atoms with Gasteiger partial charge in [-0.25, -0.2) is 4.98 Å². The summed E-state index contributed by atoms with van der Waals surface area (Å²) in [5.41, 5.74) is 3.38. The van der Waals surface area contributed by atoms with E-state index in [-0.39, 0.29) is 5.91 Å². The number of aromatic nitrogens is 1. The van der Waals surface area contributed by atoms with Crippen molar-refractivity contribution >= 4 is 17.4 Å². The number of pyridine rings is 1. The highest BCUT2D eigenvalue weighted by Crippen LogP contribution is 2.28. The van der Waals surface area contributed by atoms with E-state index in [0.717, 1.165) is 62.7 Å². The van der Waals surface area contributed by atoms with Crippen LogP contribution in [0.3, 0.4) is 0 Å². The van der Waals surface area contributed by atoms with Gasteiger partial charge in [-0.2, -0.15) is 0 Å². The van der Waals surface area contributed by atoms with Gasteiger partial charge in [-0.05, 0) is 49.7 Å². The third-order valence-electron chi connectivity index (χ3n) is 5.91. The first kappa shape index (κ1) is 18.4. The molecular weight excluding hydrogens is 340 g/mol. The van der Waals surface area contributed by atoms with Crippen LogP contribution in [0.1, 0.15) is 56.6 Å².